The van der Waals surface area contributed by atoms with Crippen molar-refractivity contribution in [2.45, 2.75) is 50.0 Å². The maximum atomic E-state index is 12.8. The van der Waals surface area contributed by atoms with Gasteiger partial charge in [0.25, 0.3) is 0 Å². The Balaban J connectivity index is 1.73. The fraction of sp³-hybridized carbons (Fsp3) is 0.588. The standard InChI is InChI=1S/C17H23ClN2O/c18-14-7-5-13(6-8-14)17(9-1-2-10-17)16(21)20-11-15(19)12-3-4-12/h5-8,12,15H,1-4,9-11,19H2,(H,20,21). The number of nitrogens with one attached hydrogen (secondary N) is 1. The second-order valence-electron chi connectivity index (χ2n) is 6.51. The van der Waals surface area contributed by atoms with Crippen LogP contribution < -0.4 is 11.1 Å². The van der Waals surface area contributed by atoms with Gasteiger partial charge in [-0.3, -0.25) is 4.79 Å². The van der Waals surface area contributed by atoms with Gasteiger partial charge in [0.15, 0.2) is 0 Å². The maximum absolute atomic E-state index is 12.8. The van der Waals surface area contributed by atoms with Gasteiger partial charge in [-0.2, -0.15) is 0 Å². The van der Waals surface area contributed by atoms with Crippen LogP contribution in [0.25, 0.3) is 0 Å². The third kappa shape index (κ3) is 3.09. The van der Waals surface area contributed by atoms with E-state index in [2.05, 4.69) is 5.32 Å². The second-order valence-corrected chi connectivity index (χ2v) is 6.94. The number of amides is 1. The van der Waals surface area contributed by atoms with E-state index in [0.29, 0.717) is 17.5 Å². The number of hydrogen-bond acceptors (Lipinski definition) is 2. The first-order valence-corrected chi connectivity index (χ1v) is 8.29. The summed E-state index contributed by atoms with van der Waals surface area (Å²) < 4.78 is 0. The average Bonchev–Trinajstić information content (AvgIpc) is 3.23. The molecule has 4 heteroatoms. The molecule has 0 aliphatic heterocycles. The van der Waals surface area contributed by atoms with Crippen molar-refractivity contribution in [3.63, 3.8) is 0 Å². The van der Waals surface area contributed by atoms with Gasteiger partial charge in [0.2, 0.25) is 5.91 Å². The van der Waals surface area contributed by atoms with Crippen molar-refractivity contribution in [2.75, 3.05) is 6.54 Å². The Hall–Kier alpha value is -1.06. The fourth-order valence-electron chi connectivity index (χ4n) is 3.47. The van der Waals surface area contributed by atoms with Gasteiger partial charge < -0.3 is 11.1 Å². The monoisotopic (exact) mass is 306 g/mol. The van der Waals surface area contributed by atoms with Crippen molar-refractivity contribution >= 4 is 17.5 Å². The molecule has 0 saturated heterocycles. The van der Waals surface area contributed by atoms with Crippen molar-refractivity contribution in [1.82, 2.24) is 5.32 Å². The zero-order chi connectivity index (χ0) is 14.9. The van der Waals surface area contributed by atoms with Crippen LogP contribution in [0.4, 0.5) is 0 Å². The third-order valence-electron chi connectivity index (χ3n) is 5.01. The van der Waals surface area contributed by atoms with Crippen LogP contribution in [0.15, 0.2) is 24.3 Å². The lowest BCUT2D eigenvalue weighted by molar-refractivity contribution is -0.126. The van der Waals surface area contributed by atoms with Gasteiger partial charge in [-0.05, 0) is 49.3 Å². The predicted octanol–water partition coefficient (Wildman–Crippen LogP) is 3.01. The minimum absolute atomic E-state index is 0.109. The number of rotatable bonds is 5. The first-order chi connectivity index (χ1) is 10.1. The normalized spacial score (nSPS) is 22.0. The molecule has 2 aliphatic carbocycles. The van der Waals surface area contributed by atoms with Crippen LogP contribution >= 0.6 is 11.6 Å². The lowest BCUT2D eigenvalue weighted by Gasteiger charge is -2.29. The van der Waals surface area contributed by atoms with E-state index >= 15 is 0 Å². The van der Waals surface area contributed by atoms with Gasteiger partial charge in [-0.25, -0.2) is 0 Å². The highest BCUT2D eigenvalue weighted by atomic mass is 35.5. The number of nitrogens with two attached hydrogens (primary N) is 1. The molecular weight excluding hydrogens is 284 g/mol. The van der Waals surface area contributed by atoms with Crippen LogP contribution in [0.1, 0.15) is 44.1 Å². The highest BCUT2D eigenvalue weighted by molar-refractivity contribution is 6.30. The summed E-state index contributed by atoms with van der Waals surface area (Å²) in [6, 6.07) is 7.85. The van der Waals surface area contributed by atoms with E-state index in [0.717, 1.165) is 31.2 Å². The number of benzene rings is 1. The van der Waals surface area contributed by atoms with E-state index in [9.17, 15) is 4.79 Å². The molecule has 1 amide bonds. The van der Waals surface area contributed by atoms with E-state index in [1.807, 2.05) is 24.3 Å². The van der Waals surface area contributed by atoms with Crippen molar-refractivity contribution in [3.8, 4) is 0 Å². The minimum atomic E-state index is -0.381. The summed E-state index contributed by atoms with van der Waals surface area (Å²) in [4.78, 5) is 12.8. The van der Waals surface area contributed by atoms with E-state index in [1.165, 1.54) is 12.8 Å². The summed E-state index contributed by atoms with van der Waals surface area (Å²) in [5.74, 6) is 0.749. The topological polar surface area (TPSA) is 55.1 Å². The predicted molar refractivity (Wildman–Crippen MR) is 85.3 cm³/mol. The highest BCUT2D eigenvalue weighted by Gasteiger charge is 2.42. The largest absolute Gasteiger partial charge is 0.354 e. The zero-order valence-electron chi connectivity index (χ0n) is 12.3. The first kappa shape index (κ1) is 14.9. The van der Waals surface area contributed by atoms with Crippen molar-refractivity contribution in [2.24, 2.45) is 11.7 Å². The van der Waals surface area contributed by atoms with E-state index < -0.39 is 0 Å². The van der Waals surface area contributed by atoms with E-state index in [4.69, 9.17) is 17.3 Å². The lowest BCUT2D eigenvalue weighted by atomic mass is 9.78. The summed E-state index contributed by atoms with van der Waals surface area (Å²) in [5, 5.41) is 3.81. The molecule has 0 radical (unpaired) electrons. The SMILES string of the molecule is NC(CNC(=O)C1(c2ccc(Cl)cc2)CCCC1)C1CC1. The van der Waals surface area contributed by atoms with Crippen molar-refractivity contribution in [3.05, 3.63) is 34.9 Å². The molecule has 0 spiro atoms. The Kier molecular flexibility index (Phi) is 4.23. The molecule has 1 unspecified atom stereocenters. The van der Waals surface area contributed by atoms with Gasteiger partial charge in [0.1, 0.15) is 0 Å². The van der Waals surface area contributed by atoms with Crippen molar-refractivity contribution in [1.29, 1.82) is 0 Å². The molecule has 1 aromatic carbocycles. The number of carbonyl (C=O) groups excluding carboxylic acids is 1. The molecule has 114 valence electrons. The fourth-order valence-corrected chi connectivity index (χ4v) is 3.59. The summed E-state index contributed by atoms with van der Waals surface area (Å²) in [6.07, 6.45) is 6.45. The first-order valence-electron chi connectivity index (χ1n) is 7.92. The summed E-state index contributed by atoms with van der Waals surface area (Å²) >= 11 is 5.97. The second kappa shape index (κ2) is 5.98. The van der Waals surface area contributed by atoms with Crippen LogP contribution in [0.2, 0.25) is 5.02 Å². The quantitative estimate of drug-likeness (QED) is 0.878. The molecule has 21 heavy (non-hydrogen) atoms. The van der Waals surface area contributed by atoms with Crippen molar-refractivity contribution < 1.29 is 4.79 Å². The molecule has 2 fully saturated rings. The van der Waals surface area contributed by atoms with Crippen LogP contribution in [0.5, 0.6) is 0 Å². The number of hydrogen-bond donors (Lipinski definition) is 2. The summed E-state index contributed by atoms with van der Waals surface area (Å²) in [7, 11) is 0. The lowest BCUT2D eigenvalue weighted by Crippen LogP contribution is -2.47. The molecule has 3 N–H and O–H groups in total. The smallest absolute Gasteiger partial charge is 0.230 e. The molecule has 2 saturated carbocycles. The molecule has 1 atom stereocenters. The van der Waals surface area contributed by atoms with Gasteiger partial charge in [-0.15, -0.1) is 0 Å². The van der Waals surface area contributed by atoms with Gasteiger partial charge in [0.05, 0.1) is 5.41 Å². The van der Waals surface area contributed by atoms with E-state index in [-0.39, 0.29) is 17.4 Å². The summed E-state index contributed by atoms with van der Waals surface area (Å²) in [6.45, 7) is 0.596. The highest BCUT2D eigenvalue weighted by Crippen LogP contribution is 2.41. The zero-order valence-corrected chi connectivity index (χ0v) is 13.0. The minimum Gasteiger partial charge on any atom is -0.354 e. The summed E-state index contributed by atoms with van der Waals surface area (Å²) in [5.41, 5.74) is 6.80. The Morgan fingerprint density at radius 1 is 1.29 bits per heavy atom. The Labute approximate surface area is 131 Å². The molecular formula is C17H23ClN2O. The van der Waals surface area contributed by atoms with Crippen LogP contribution in [0, 0.1) is 5.92 Å². The third-order valence-corrected chi connectivity index (χ3v) is 5.27. The Morgan fingerprint density at radius 3 is 2.48 bits per heavy atom. The Bertz CT molecular complexity index is 504. The van der Waals surface area contributed by atoms with E-state index in [1.54, 1.807) is 0 Å². The maximum Gasteiger partial charge on any atom is 0.230 e. The van der Waals surface area contributed by atoms with Gasteiger partial charge in [0, 0.05) is 17.6 Å². The molecule has 2 aliphatic rings. The van der Waals surface area contributed by atoms with Gasteiger partial charge in [-0.1, -0.05) is 36.6 Å². The van der Waals surface area contributed by atoms with Crippen LogP contribution in [0.3, 0.4) is 0 Å². The molecule has 3 rings (SSSR count). The molecule has 1 aromatic rings. The Morgan fingerprint density at radius 2 is 1.90 bits per heavy atom. The van der Waals surface area contributed by atoms with Gasteiger partial charge >= 0.3 is 0 Å². The number of carbonyl (C=O) groups is 1. The van der Waals surface area contributed by atoms with Crippen LogP contribution in [-0.4, -0.2) is 18.5 Å². The molecule has 3 nitrogen and oxygen atoms in total. The molecule has 0 heterocycles. The number of halogens is 1. The van der Waals surface area contributed by atoms with Crippen LogP contribution in [-0.2, 0) is 10.2 Å². The average molecular weight is 307 g/mol. The molecule has 0 bridgehead atoms. The molecule has 0 aromatic heterocycles.